The average molecular weight is 290 g/mol. The number of fused-ring (bicyclic) bond motifs is 2. The Morgan fingerprint density at radius 3 is 2.55 bits per heavy atom. The van der Waals surface area contributed by atoms with Crippen LogP contribution in [0.3, 0.4) is 0 Å². The van der Waals surface area contributed by atoms with Crippen LogP contribution in [0.4, 0.5) is 11.4 Å². The van der Waals surface area contributed by atoms with Crippen LogP contribution in [0.25, 0.3) is 6.08 Å². The lowest BCUT2D eigenvalue weighted by Crippen LogP contribution is -1.98. The topological polar surface area (TPSA) is 24.1 Å². The molecule has 0 saturated carbocycles. The van der Waals surface area contributed by atoms with Gasteiger partial charge in [-0.2, -0.15) is 0 Å². The highest BCUT2D eigenvalue weighted by Crippen LogP contribution is 2.20. The molecule has 2 N–H and O–H groups in total. The third kappa shape index (κ3) is 3.79. The standard InChI is InChI=1S/C10H13N.C10H9N/c2*1-2-7-10-9(5-1)6-3-4-8-11-10/h1-2,5,7,11H,3-4,6,8H2;1-8,11H. The summed E-state index contributed by atoms with van der Waals surface area (Å²) in [5, 5.41) is 6.61. The lowest BCUT2D eigenvalue weighted by Gasteiger charge is -2.04. The first-order valence-corrected chi connectivity index (χ1v) is 7.94. The average Bonchev–Trinajstić information content (AvgIpc) is 2.95. The number of allylic oxidation sites excluding steroid dienone is 2. The van der Waals surface area contributed by atoms with Crippen LogP contribution in [0.2, 0.25) is 0 Å². The number of aryl methyl sites for hydroxylation is 1. The van der Waals surface area contributed by atoms with Crippen molar-refractivity contribution in [1.82, 2.24) is 0 Å². The van der Waals surface area contributed by atoms with Crippen LogP contribution >= 0.6 is 0 Å². The van der Waals surface area contributed by atoms with E-state index >= 15 is 0 Å². The Morgan fingerprint density at radius 1 is 0.773 bits per heavy atom. The van der Waals surface area contributed by atoms with Gasteiger partial charge in [0.05, 0.1) is 0 Å². The molecule has 0 radical (unpaired) electrons. The highest BCUT2D eigenvalue weighted by Gasteiger charge is 2.04. The summed E-state index contributed by atoms with van der Waals surface area (Å²) in [5.41, 5.74) is 5.21. The minimum absolute atomic E-state index is 1.14. The zero-order chi connectivity index (χ0) is 15.0. The predicted molar refractivity (Wildman–Crippen MR) is 96.1 cm³/mol. The van der Waals surface area contributed by atoms with E-state index in [0.717, 1.165) is 12.2 Å². The van der Waals surface area contributed by atoms with Crippen LogP contribution in [0, 0.1) is 0 Å². The Bertz CT molecular complexity index is 646. The lowest BCUT2D eigenvalue weighted by molar-refractivity contribution is 0.785. The van der Waals surface area contributed by atoms with Crippen molar-refractivity contribution in [1.29, 1.82) is 0 Å². The van der Waals surface area contributed by atoms with E-state index in [1.165, 1.54) is 36.1 Å². The fraction of sp³-hybridized carbons (Fsp3) is 0.200. The summed E-state index contributed by atoms with van der Waals surface area (Å²) in [4.78, 5) is 0. The molecule has 0 bridgehead atoms. The normalized spacial score (nSPS) is 14.9. The Labute approximate surface area is 132 Å². The van der Waals surface area contributed by atoms with Crippen molar-refractivity contribution in [2.75, 3.05) is 17.2 Å². The van der Waals surface area contributed by atoms with Crippen molar-refractivity contribution in [2.24, 2.45) is 0 Å². The molecule has 0 atom stereocenters. The Morgan fingerprint density at radius 2 is 1.59 bits per heavy atom. The van der Waals surface area contributed by atoms with Gasteiger partial charge in [-0.15, -0.1) is 0 Å². The van der Waals surface area contributed by atoms with Gasteiger partial charge in [0.2, 0.25) is 0 Å². The van der Waals surface area contributed by atoms with Crippen molar-refractivity contribution >= 4 is 17.5 Å². The quantitative estimate of drug-likeness (QED) is 0.707. The molecule has 2 heteroatoms. The van der Waals surface area contributed by atoms with Crippen LogP contribution in [0.1, 0.15) is 24.0 Å². The molecule has 2 heterocycles. The summed E-state index contributed by atoms with van der Waals surface area (Å²) in [6.45, 7) is 1.14. The second kappa shape index (κ2) is 7.51. The molecule has 2 nitrogen and oxygen atoms in total. The molecular formula is C20H22N2. The zero-order valence-electron chi connectivity index (χ0n) is 12.8. The molecule has 0 amide bonds. The van der Waals surface area contributed by atoms with Crippen molar-refractivity contribution in [3.8, 4) is 0 Å². The van der Waals surface area contributed by atoms with Crippen LogP contribution < -0.4 is 10.6 Å². The maximum atomic E-state index is 3.43. The summed E-state index contributed by atoms with van der Waals surface area (Å²) in [7, 11) is 0. The van der Waals surface area contributed by atoms with E-state index < -0.39 is 0 Å². The number of benzene rings is 2. The number of hydrogen-bond acceptors (Lipinski definition) is 2. The molecule has 2 aliphatic heterocycles. The maximum Gasteiger partial charge on any atom is 0.0453 e. The summed E-state index contributed by atoms with van der Waals surface area (Å²) >= 11 is 0. The summed E-state index contributed by atoms with van der Waals surface area (Å²) in [6, 6.07) is 16.8. The Hall–Kier alpha value is -2.48. The molecule has 0 aliphatic carbocycles. The van der Waals surface area contributed by atoms with Gasteiger partial charge < -0.3 is 10.6 Å². The molecular weight excluding hydrogens is 268 g/mol. The van der Waals surface area contributed by atoms with E-state index in [-0.39, 0.29) is 0 Å². The van der Waals surface area contributed by atoms with Gasteiger partial charge in [-0.25, -0.2) is 0 Å². The SMILES string of the molecule is C1=CNc2ccccc2C=C1.c1ccc2c(c1)CCCCN2. The van der Waals surface area contributed by atoms with Gasteiger partial charge in [0.15, 0.2) is 0 Å². The van der Waals surface area contributed by atoms with Gasteiger partial charge in [-0.05, 0) is 48.6 Å². The van der Waals surface area contributed by atoms with Crippen molar-refractivity contribution in [3.63, 3.8) is 0 Å². The summed E-state index contributed by atoms with van der Waals surface area (Å²) in [6.07, 6.45) is 11.9. The highest BCUT2D eigenvalue weighted by atomic mass is 14.9. The van der Waals surface area contributed by atoms with Gasteiger partial charge in [0.25, 0.3) is 0 Å². The first-order chi connectivity index (χ1) is 10.9. The third-order valence-electron chi connectivity index (χ3n) is 3.89. The van der Waals surface area contributed by atoms with E-state index in [1.807, 2.05) is 30.5 Å². The van der Waals surface area contributed by atoms with Gasteiger partial charge in [0, 0.05) is 24.1 Å². The van der Waals surface area contributed by atoms with E-state index in [2.05, 4.69) is 53.1 Å². The second-order valence-corrected chi connectivity index (χ2v) is 5.49. The monoisotopic (exact) mass is 290 g/mol. The van der Waals surface area contributed by atoms with Crippen molar-refractivity contribution < 1.29 is 0 Å². The number of rotatable bonds is 0. The fourth-order valence-electron chi connectivity index (χ4n) is 2.70. The zero-order valence-corrected chi connectivity index (χ0v) is 12.8. The molecule has 0 spiro atoms. The van der Waals surface area contributed by atoms with Crippen molar-refractivity contribution in [2.45, 2.75) is 19.3 Å². The molecule has 0 unspecified atom stereocenters. The summed E-state index contributed by atoms with van der Waals surface area (Å²) in [5.74, 6) is 0. The molecule has 22 heavy (non-hydrogen) atoms. The lowest BCUT2D eigenvalue weighted by atomic mass is 10.1. The molecule has 2 aromatic carbocycles. The molecule has 0 saturated heterocycles. The molecule has 0 fully saturated rings. The van der Waals surface area contributed by atoms with Gasteiger partial charge in [-0.1, -0.05) is 48.6 Å². The molecule has 112 valence electrons. The molecule has 2 aliphatic rings. The largest absolute Gasteiger partial charge is 0.385 e. The van der Waals surface area contributed by atoms with E-state index in [1.54, 1.807) is 0 Å². The first kappa shape index (κ1) is 14.5. The van der Waals surface area contributed by atoms with Crippen molar-refractivity contribution in [3.05, 3.63) is 78.0 Å². The third-order valence-corrected chi connectivity index (χ3v) is 3.89. The van der Waals surface area contributed by atoms with Crippen LogP contribution in [0.15, 0.2) is 66.9 Å². The molecule has 2 aromatic rings. The molecule has 4 rings (SSSR count). The predicted octanol–water partition coefficient (Wildman–Crippen LogP) is 5.07. The highest BCUT2D eigenvalue weighted by molar-refractivity contribution is 5.69. The Kier molecular flexibility index (Phi) is 4.93. The maximum absolute atomic E-state index is 3.43. The minimum atomic E-state index is 1.14. The second-order valence-electron chi connectivity index (χ2n) is 5.49. The number of nitrogens with one attached hydrogen (secondary N) is 2. The number of anilines is 2. The smallest absolute Gasteiger partial charge is 0.0453 e. The van der Waals surface area contributed by atoms with Gasteiger partial charge in [0.1, 0.15) is 0 Å². The van der Waals surface area contributed by atoms with Crippen LogP contribution in [-0.2, 0) is 6.42 Å². The van der Waals surface area contributed by atoms with E-state index in [4.69, 9.17) is 0 Å². The van der Waals surface area contributed by atoms with Crippen LogP contribution in [-0.4, -0.2) is 6.54 Å². The fourth-order valence-corrected chi connectivity index (χ4v) is 2.70. The summed E-state index contributed by atoms with van der Waals surface area (Å²) < 4.78 is 0. The number of para-hydroxylation sites is 2. The molecule has 0 aromatic heterocycles. The first-order valence-electron chi connectivity index (χ1n) is 7.94. The van der Waals surface area contributed by atoms with Gasteiger partial charge in [-0.3, -0.25) is 0 Å². The Balaban J connectivity index is 0.000000131. The van der Waals surface area contributed by atoms with E-state index in [9.17, 15) is 0 Å². The van der Waals surface area contributed by atoms with E-state index in [0.29, 0.717) is 0 Å². The van der Waals surface area contributed by atoms with Crippen LogP contribution in [0.5, 0.6) is 0 Å². The minimum Gasteiger partial charge on any atom is -0.385 e. The van der Waals surface area contributed by atoms with Gasteiger partial charge >= 0.3 is 0 Å². The number of hydrogen-bond donors (Lipinski definition) is 2.